The van der Waals surface area contributed by atoms with Crippen LogP contribution >= 0.6 is 15.9 Å². The van der Waals surface area contributed by atoms with E-state index in [4.69, 9.17) is 5.11 Å². The Kier molecular flexibility index (Phi) is 5.49. The highest BCUT2D eigenvalue weighted by Gasteiger charge is 2.07. The van der Waals surface area contributed by atoms with E-state index in [9.17, 15) is 4.79 Å². The molecule has 0 spiro atoms. The highest BCUT2D eigenvalue weighted by atomic mass is 79.9. The fraction of sp³-hybridized carbons (Fsp3) is 0.417. The Morgan fingerprint density at radius 1 is 1.50 bits per heavy atom. The van der Waals surface area contributed by atoms with Crippen molar-refractivity contribution in [1.29, 1.82) is 0 Å². The number of carboxylic acids is 1. The molecule has 0 aliphatic heterocycles. The van der Waals surface area contributed by atoms with Gasteiger partial charge in [-0.1, -0.05) is 34.1 Å². The van der Waals surface area contributed by atoms with E-state index in [0.717, 1.165) is 11.0 Å². The molecule has 0 amide bonds. The van der Waals surface area contributed by atoms with Crippen molar-refractivity contribution in [2.24, 2.45) is 0 Å². The Balaban J connectivity index is 2.38. The van der Waals surface area contributed by atoms with E-state index in [1.807, 2.05) is 18.2 Å². The van der Waals surface area contributed by atoms with Gasteiger partial charge < -0.3 is 10.4 Å². The van der Waals surface area contributed by atoms with Gasteiger partial charge in [0.2, 0.25) is 0 Å². The summed E-state index contributed by atoms with van der Waals surface area (Å²) in [5.41, 5.74) is 1.19. The van der Waals surface area contributed by atoms with E-state index in [2.05, 4.69) is 34.2 Å². The molecule has 0 unspecified atom stereocenters. The van der Waals surface area contributed by atoms with Crippen LogP contribution in [0.25, 0.3) is 0 Å². The molecule has 0 radical (unpaired) electrons. The van der Waals surface area contributed by atoms with Crippen molar-refractivity contribution in [3.05, 3.63) is 34.3 Å². The molecule has 0 aliphatic carbocycles. The van der Waals surface area contributed by atoms with Gasteiger partial charge in [-0.15, -0.1) is 0 Å². The van der Waals surface area contributed by atoms with Crippen LogP contribution in [0.15, 0.2) is 28.7 Å². The molecule has 0 saturated carbocycles. The van der Waals surface area contributed by atoms with E-state index in [1.165, 1.54) is 5.56 Å². The van der Waals surface area contributed by atoms with Crippen LogP contribution in [0.5, 0.6) is 0 Å². The second-order valence-electron chi connectivity index (χ2n) is 3.69. The lowest BCUT2D eigenvalue weighted by Crippen LogP contribution is -2.20. The molecule has 1 rings (SSSR count). The Morgan fingerprint density at radius 3 is 2.81 bits per heavy atom. The lowest BCUT2D eigenvalue weighted by atomic mass is 10.1. The first-order chi connectivity index (χ1) is 7.61. The molecule has 0 heterocycles. The summed E-state index contributed by atoms with van der Waals surface area (Å²) in [5, 5.41) is 11.8. The van der Waals surface area contributed by atoms with Crippen LogP contribution in [0.4, 0.5) is 0 Å². The second-order valence-corrected chi connectivity index (χ2v) is 4.55. The van der Waals surface area contributed by atoms with E-state index in [0.29, 0.717) is 6.42 Å². The third kappa shape index (κ3) is 4.33. The van der Waals surface area contributed by atoms with Crippen LogP contribution in [0.1, 0.15) is 31.4 Å². The van der Waals surface area contributed by atoms with E-state index in [1.54, 1.807) is 0 Å². The van der Waals surface area contributed by atoms with Gasteiger partial charge in [0.05, 0.1) is 0 Å². The topological polar surface area (TPSA) is 49.3 Å². The smallest absolute Gasteiger partial charge is 0.303 e. The Bertz CT molecular complexity index is 355. The molecule has 0 fully saturated rings. The maximum Gasteiger partial charge on any atom is 0.303 e. The van der Waals surface area contributed by atoms with Crippen LogP contribution in [0.3, 0.4) is 0 Å². The van der Waals surface area contributed by atoms with E-state index >= 15 is 0 Å². The molecule has 1 atom stereocenters. The van der Waals surface area contributed by atoms with E-state index in [-0.39, 0.29) is 12.5 Å². The number of nitrogens with one attached hydrogen (secondary N) is 1. The molecule has 0 aromatic heterocycles. The highest BCUT2D eigenvalue weighted by Crippen LogP contribution is 2.22. The van der Waals surface area contributed by atoms with Gasteiger partial charge in [-0.05, 0) is 31.5 Å². The number of carbonyl (C=O) groups is 1. The maximum atomic E-state index is 10.3. The molecule has 3 nitrogen and oxygen atoms in total. The van der Waals surface area contributed by atoms with Gasteiger partial charge in [0.1, 0.15) is 0 Å². The average molecular weight is 286 g/mol. The first-order valence-corrected chi connectivity index (χ1v) is 6.10. The SMILES string of the molecule is C[C@H](NCCCC(=O)O)c1ccccc1Br. The van der Waals surface area contributed by atoms with Gasteiger partial charge in [0.25, 0.3) is 0 Å². The van der Waals surface area contributed by atoms with Gasteiger partial charge in [-0.2, -0.15) is 0 Å². The molecule has 0 aliphatic rings. The summed E-state index contributed by atoms with van der Waals surface area (Å²) in [7, 11) is 0. The highest BCUT2D eigenvalue weighted by molar-refractivity contribution is 9.10. The van der Waals surface area contributed by atoms with Crippen molar-refractivity contribution in [2.75, 3.05) is 6.54 Å². The van der Waals surface area contributed by atoms with Crippen LogP contribution in [0, 0.1) is 0 Å². The lowest BCUT2D eigenvalue weighted by molar-refractivity contribution is -0.137. The normalized spacial score (nSPS) is 12.4. The molecule has 0 saturated heterocycles. The molecule has 4 heteroatoms. The van der Waals surface area contributed by atoms with Gasteiger partial charge in [-0.25, -0.2) is 0 Å². The van der Waals surface area contributed by atoms with Gasteiger partial charge in [-0.3, -0.25) is 4.79 Å². The number of hydrogen-bond donors (Lipinski definition) is 2. The Morgan fingerprint density at radius 2 is 2.19 bits per heavy atom. The fourth-order valence-corrected chi connectivity index (χ4v) is 2.12. The summed E-state index contributed by atoms with van der Waals surface area (Å²) in [6.07, 6.45) is 0.875. The molecular weight excluding hydrogens is 270 g/mol. The van der Waals surface area contributed by atoms with Crippen LogP contribution in [-0.2, 0) is 4.79 Å². The summed E-state index contributed by atoms with van der Waals surface area (Å²) in [6, 6.07) is 8.26. The quantitative estimate of drug-likeness (QED) is 0.790. The largest absolute Gasteiger partial charge is 0.481 e. The van der Waals surface area contributed by atoms with Gasteiger partial charge >= 0.3 is 5.97 Å². The zero-order valence-corrected chi connectivity index (χ0v) is 10.8. The fourth-order valence-electron chi connectivity index (χ4n) is 1.49. The van der Waals surface area contributed by atoms with Crippen LogP contribution < -0.4 is 5.32 Å². The van der Waals surface area contributed by atoms with Gasteiger partial charge in [0.15, 0.2) is 0 Å². The van der Waals surface area contributed by atoms with Crippen molar-refractivity contribution < 1.29 is 9.90 Å². The number of hydrogen-bond acceptors (Lipinski definition) is 2. The molecule has 16 heavy (non-hydrogen) atoms. The van der Waals surface area contributed by atoms with Crippen molar-refractivity contribution in [1.82, 2.24) is 5.32 Å². The zero-order valence-electron chi connectivity index (χ0n) is 9.24. The molecule has 2 N–H and O–H groups in total. The summed E-state index contributed by atoms with van der Waals surface area (Å²) in [5.74, 6) is -0.740. The minimum Gasteiger partial charge on any atom is -0.481 e. The number of carboxylic acid groups (broad SMARTS) is 1. The third-order valence-corrected chi connectivity index (χ3v) is 3.11. The monoisotopic (exact) mass is 285 g/mol. The molecule has 1 aromatic carbocycles. The molecule has 88 valence electrons. The summed E-state index contributed by atoms with van der Waals surface area (Å²) in [4.78, 5) is 10.3. The summed E-state index contributed by atoms with van der Waals surface area (Å²) < 4.78 is 1.08. The first-order valence-electron chi connectivity index (χ1n) is 5.31. The number of aliphatic carboxylic acids is 1. The average Bonchev–Trinajstić information content (AvgIpc) is 2.24. The lowest BCUT2D eigenvalue weighted by Gasteiger charge is -2.15. The Hall–Kier alpha value is -0.870. The molecular formula is C12H16BrNO2. The predicted octanol–water partition coefficient (Wildman–Crippen LogP) is 2.96. The minimum absolute atomic E-state index is 0.218. The third-order valence-electron chi connectivity index (χ3n) is 2.39. The number of halogens is 1. The number of benzene rings is 1. The minimum atomic E-state index is -0.740. The zero-order chi connectivity index (χ0) is 12.0. The van der Waals surface area contributed by atoms with E-state index < -0.39 is 5.97 Å². The van der Waals surface area contributed by atoms with Crippen LogP contribution in [0.2, 0.25) is 0 Å². The maximum absolute atomic E-state index is 10.3. The van der Waals surface area contributed by atoms with Crippen molar-refractivity contribution in [3.8, 4) is 0 Å². The summed E-state index contributed by atoms with van der Waals surface area (Å²) in [6.45, 7) is 2.79. The number of rotatable bonds is 6. The van der Waals surface area contributed by atoms with Crippen LogP contribution in [-0.4, -0.2) is 17.6 Å². The van der Waals surface area contributed by atoms with Crippen molar-refractivity contribution in [3.63, 3.8) is 0 Å². The molecule has 1 aromatic rings. The van der Waals surface area contributed by atoms with Gasteiger partial charge in [0, 0.05) is 16.9 Å². The van der Waals surface area contributed by atoms with Crippen molar-refractivity contribution >= 4 is 21.9 Å². The second kappa shape index (κ2) is 6.66. The summed E-state index contributed by atoms with van der Waals surface area (Å²) >= 11 is 3.49. The predicted molar refractivity (Wildman–Crippen MR) is 67.4 cm³/mol. The Labute approximate surface area is 104 Å². The standard InChI is InChI=1S/C12H16BrNO2/c1-9(14-8-4-7-12(15)16)10-5-2-3-6-11(10)13/h2-3,5-6,9,14H,4,7-8H2,1H3,(H,15,16)/t9-/m0/s1. The first kappa shape index (κ1) is 13.2. The van der Waals surface area contributed by atoms with Crippen molar-refractivity contribution in [2.45, 2.75) is 25.8 Å². The molecule has 0 bridgehead atoms.